The zero-order valence-electron chi connectivity index (χ0n) is 15.0. The number of amides is 2. The number of nitrogens with zero attached hydrogens (tertiary/aromatic N) is 1. The number of carbonyl (C=O) groups excluding carboxylic acids is 2. The number of hydrogen-bond donors (Lipinski definition) is 1. The third kappa shape index (κ3) is 4.85. The van der Waals surface area contributed by atoms with Crippen molar-refractivity contribution in [3.63, 3.8) is 0 Å². The molecule has 1 aliphatic heterocycles. The first-order valence-corrected chi connectivity index (χ1v) is 9.01. The van der Waals surface area contributed by atoms with E-state index in [0.717, 1.165) is 25.9 Å². The number of anilines is 1. The third-order valence-electron chi connectivity index (χ3n) is 4.45. The Hall–Kier alpha value is -2.82. The molecule has 0 radical (unpaired) electrons. The second-order valence-corrected chi connectivity index (χ2v) is 6.72. The molecule has 5 heteroatoms. The van der Waals surface area contributed by atoms with Crippen LogP contribution in [0.15, 0.2) is 54.6 Å². The second-order valence-electron chi connectivity index (χ2n) is 6.72. The maximum atomic E-state index is 12.4. The smallest absolute Gasteiger partial charge is 0.233 e. The molecule has 2 aromatic carbocycles. The Balaban J connectivity index is 1.61. The first-order chi connectivity index (χ1) is 12.6. The fraction of sp³-hybridized carbons (Fsp3) is 0.333. The van der Waals surface area contributed by atoms with Crippen LogP contribution in [0, 0.1) is 5.92 Å². The minimum atomic E-state index is -0.322. The molecule has 136 valence electrons. The van der Waals surface area contributed by atoms with Gasteiger partial charge in [0.1, 0.15) is 12.2 Å². The molecule has 0 bridgehead atoms. The summed E-state index contributed by atoms with van der Waals surface area (Å²) in [6.07, 6.45) is 1.99. The number of para-hydroxylation sites is 3. The van der Waals surface area contributed by atoms with Gasteiger partial charge in [0, 0.05) is 13.1 Å². The van der Waals surface area contributed by atoms with Crippen molar-refractivity contribution >= 4 is 17.5 Å². The summed E-state index contributed by atoms with van der Waals surface area (Å²) in [6, 6.07) is 16.6. The lowest BCUT2D eigenvalue weighted by Gasteiger charge is -2.30. The van der Waals surface area contributed by atoms with Gasteiger partial charge in [0.2, 0.25) is 11.8 Å². The molecule has 1 N–H and O–H groups in total. The van der Waals surface area contributed by atoms with Gasteiger partial charge in [0.15, 0.2) is 5.75 Å². The number of rotatable bonds is 5. The molecular weight excluding hydrogens is 328 g/mol. The second kappa shape index (κ2) is 8.52. The van der Waals surface area contributed by atoms with Gasteiger partial charge in [-0.25, -0.2) is 0 Å². The Bertz CT molecular complexity index is 761. The van der Waals surface area contributed by atoms with Crippen LogP contribution in [0.4, 0.5) is 5.69 Å². The average molecular weight is 352 g/mol. The van der Waals surface area contributed by atoms with Crippen LogP contribution in [0.3, 0.4) is 0 Å². The number of carbonyl (C=O) groups is 2. The normalized spacial score (nSPS) is 16.8. The van der Waals surface area contributed by atoms with Crippen molar-refractivity contribution in [2.75, 3.05) is 18.4 Å². The van der Waals surface area contributed by atoms with Gasteiger partial charge >= 0.3 is 0 Å². The van der Waals surface area contributed by atoms with Crippen LogP contribution < -0.4 is 10.1 Å². The molecule has 0 aromatic heterocycles. The minimum Gasteiger partial charge on any atom is -0.455 e. The van der Waals surface area contributed by atoms with Crippen LogP contribution in [0.1, 0.15) is 26.2 Å². The first kappa shape index (κ1) is 18.0. The highest BCUT2D eigenvalue weighted by atomic mass is 16.5. The molecule has 1 atom stereocenters. The van der Waals surface area contributed by atoms with Gasteiger partial charge in [0.25, 0.3) is 0 Å². The highest BCUT2D eigenvalue weighted by molar-refractivity contribution is 6.04. The summed E-state index contributed by atoms with van der Waals surface area (Å²) in [5.74, 6) is 1.29. The first-order valence-electron chi connectivity index (χ1n) is 9.01. The van der Waals surface area contributed by atoms with Crippen molar-refractivity contribution in [3.8, 4) is 11.5 Å². The van der Waals surface area contributed by atoms with Crippen molar-refractivity contribution in [2.45, 2.75) is 26.2 Å². The number of nitrogens with one attached hydrogen (secondary N) is 1. The van der Waals surface area contributed by atoms with E-state index in [2.05, 4.69) is 12.2 Å². The van der Waals surface area contributed by atoms with E-state index in [9.17, 15) is 9.59 Å². The predicted molar refractivity (Wildman–Crippen MR) is 101 cm³/mol. The maximum absolute atomic E-state index is 12.4. The van der Waals surface area contributed by atoms with Gasteiger partial charge in [-0.1, -0.05) is 37.3 Å². The van der Waals surface area contributed by atoms with Gasteiger partial charge in [-0.3, -0.25) is 9.59 Å². The molecule has 0 aliphatic carbocycles. The van der Waals surface area contributed by atoms with Crippen molar-refractivity contribution in [2.24, 2.45) is 5.92 Å². The van der Waals surface area contributed by atoms with Gasteiger partial charge in [0.05, 0.1) is 5.69 Å². The summed E-state index contributed by atoms with van der Waals surface area (Å²) >= 11 is 0. The van der Waals surface area contributed by atoms with Crippen molar-refractivity contribution in [1.82, 2.24) is 4.90 Å². The Kier molecular flexibility index (Phi) is 5.89. The lowest BCUT2D eigenvalue weighted by Crippen LogP contribution is -2.40. The molecule has 0 saturated carbocycles. The molecule has 1 heterocycles. The fourth-order valence-electron chi connectivity index (χ4n) is 3.13. The van der Waals surface area contributed by atoms with Gasteiger partial charge < -0.3 is 15.0 Å². The monoisotopic (exact) mass is 352 g/mol. The summed E-state index contributed by atoms with van der Waals surface area (Å²) < 4.78 is 5.84. The lowest BCUT2D eigenvalue weighted by molar-refractivity contribution is -0.136. The third-order valence-corrected chi connectivity index (χ3v) is 4.45. The SMILES string of the molecule is CC1CCCN(C(=O)CC(=O)Nc2ccccc2Oc2ccccc2)C1. The molecular formula is C21H24N2O3. The molecule has 2 aromatic rings. The van der Waals surface area contributed by atoms with Crippen LogP contribution in [0.2, 0.25) is 0 Å². The zero-order valence-corrected chi connectivity index (χ0v) is 15.0. The number of ether oxygens (including phenoxy) is 1. The van der Waals surface area contributed by atoms with Gasteiger partial charge in [-0.2, -0.15) is 0 Å². The predicted octanol–water partition coefficient (Wildman–Crippen LogP) is 4.07. The number of likely N-dealkylation sites (tertiary alicyclic amines) is 1. The summed E-state index contributed by atoms with van der Waals surface area (Å²) in [4.78, 5) is 26.5. The molecule has 1 fully saturated rings. The Morgan fingerprint density at radius 3 is 2.62 bits per heavy atom. The zero-order chi connectivity index (χ0) is 18.4. The van der Waals surface area contributed by atoms with E-state index < -0.39 is 0 Å². The van der Waals surface area contributed by atoms with E-state index in [1.165, 1.54) is 0 Å². The van der Waals surface area contributed by atoms with E-state index in [4.69, 9.17) is 4.74 Å². The molecule has 2 amide bonds. The molecule has 5 nitrogen and oxygen atoms in total. The van der Waals surface area contributed by atoms with Gasteiger partial charge in [-0.05, 0) is 43.0 Å². The van der Waals surface area contributed by atoms with E-state index in [1.54, 1.807) is 17.0 Å². The van der Waals surface area contributed by atoms with Crippen LogP contribution in [0.25, 0.3) is 0 Å². The van der Waals surface area contributed by atoms with Crippen molar-refractivity contribution < 1.29 is 14.3 Å². The topological polar surface area (TPSA) is 58.6 Å². The molecule has 1 unspecified atom stereocenters. The number of benzene rings is 2. The van der Waals surface area contributed by atoms with Crippen molar-refractivity contribution in [3.05, 3.63) is 54.6 Å². The average Bonchev–Trinajstić information content (AvgIpc) is 2.64. The van der Waals surface area contributed by atoms with Crippen LogP contribution >= 0.6 is 0 Å². The lowest BCUT2D eigenvalue weighted by atomic mass is 10.00. The van der Waals surface area contributed by atoms with Crippen LogP contribution in [0.5, 0.6) is 11.5 Å². The van der Waals surface area contributed by atoms with E-state index in [-0.39, 0.29) is 18.2 Å². The van der Waals surface area contributed by atoms with Crippen LogP contribution in [-0.2, 0) is 9.59 Å². The van der Waals surface area contributed by atoms with Crippen LogP contribution in [-0.4, -0.2) is 29.8 Å². The summed E-state index contributed by atoms with van der Waals surface area (Å²) in [5.41, 5.74) is 0.557. The summed E-state index contributed by atoms with van der Waals surface area (Å²) in [5, 5.41) is 2.80. The number of hydrogen-bond acceptors (Lipinski definition) is 3. The molecule has 1 aliphatic rings. The molecule has 26 heavy (non-hydrogen) atoms. The Labute approximate surface area is 154 Å². The Morgan fingerprint density at radius 2 is 1.85 bits per heavy atom. The highest BCUT2D eigenvalue weighted by Gasteiger charge is 2.23. The Morgan fingerprint density at radius 1 is 1.12 bits per heavy atom. The highest BCUT2D eigenvalue weighted by Crippen LogP contribution is 2.29. The summed E-state index contributed by atoms with van der Waals surface area (Å²) in [7, 11) is 0. The maximum Gasteiger partial charge on any atom is 0.233 e. The standard InChI is InChI=1S/C21H24N2O3/c1-16-8-7-13-23(15-16)21(25)14-20(24)22-18-11-5-6-12-19(18)26-17-9-3-2-4-10-17/h2-6,9-12,16H,7-8,13-15H2,1H3,(H,22,24). The number of piperidine rings is 1. The molecule has 0 spiro atoms. The largest absolute Gasteiger partial charge is 0.455 e. The minimum absolute atomic E-state index is 0.115. The molecule has 3 rings (SSSR count). The van der Waals surface area contributed by atoms with E-state index in [0.29, 0.717) is 23.1 Å². The molecule has 1 saturated heterocycles. The van der Waals surface area contributed by atoms with Crippen molar-refractivity contribution in [1.29, 1.82) is 0 Å². The summed E-state index contributed by atoms with van der Waals surface area (Å²) in [6.45, 7) is 3.61. The quantitative estimate of drug-likeness (QED) is 0.826. The van der Waals surface area contributed by atoms with E-state index >= 15 is 0 Å². The van der Waals surface area contributed by atoms with E-state index in [1.807, 2.05) is 42.5 Å². The fourth-order valence-corrected chi connectivity index (χ4v) is 3.13. The van der Waals surface area contributed by atoms with Gasteiger partial charge in [-0.15, -0.1) is 0 Å².